The van der Waals surface area contributed by atoms with Crippen molar-refractivity contribution in [1.82, 2.24) is 19.4 Å². The molecule has 3 amide bonds. The van der Waals surface area contributed by atoms with E-state index in [0.717, 1.165) is 11.1 Å². The molecule has 3 aromatic carbocycles. The molecule has 1 saturated heterocycles. The first-order valence-corrected chi connectivity index (χ1v) is 13.6. The molecule has 2 atom stereocenters. The number of likely N-dealkylation sites (tertiary alicyclic amines) is 1. The van der Waals surface area contributed by atoms with Crippen molar-refractivity contribution in [2.75, 3.05) is 19.0 Å². The van der Waals surface area contributed by atoms with E-state index in [9.17, 15) is 19.2 Å². The SMILES string of the molecule is COc1ccc([C@H](NC(=O)[C@@H]2CCCN2C(=O)OCc2ccccc2)C(=O)Nc2ccc3c(c2)n(C)c(=O)n3C)cc1. The Balaban J connectivity index is 1.34. The van der Waals surface area contributed by atoms with Gasteiger partial charge < -0.3 is 20.1 Å². The summed E-state index contributed by atoms with van der Waals surface area (Å²) in [6.45, 7) is 0.472. The average molecular weight is 572 g/mol. The van der Waals surface area contributed by atoms with Gasteiger partial charge in [0.25, 0.3) is 5.91 Å². The summed E-state index contributed by atoms with van der Waals surface area (Å²) in [5.74, 6) is -0.339. The van der Waals surface area contributed by atoms with Crippen LogP contribution in [0.15, 0.2) is 77.6 Å². The van der Waals surface area contributed by atoms with E-state index < -0.39 is 30.0 Å². The number of amides is 3. The van der Waals surface area contributed by atoms with Crippen LogP contribution >= 0.6 is 0 Å². The van der Waals surface area contributed by atoms with Crippen LogP contribution in [0.1, 0.15) is 30.0 Å². The zero-order valence-electron chi connectivity index (χ0n) is 23.7. The van der Waals surface area contributed by atoms with Gasteiger partial charge in [-0.05, 0) is 54.3 Å². The Kier molecular flexibility index (Phi) is 8.28. The molecule has 0 bridgehead atoms. The minimum atomic E-state index is -1.07. The number of aromatic nitrogens is 2. The maximum atomic E-state index is 13.6. The third kappa shape index (κ3) is 5.85. The van der Waals surface area contributed by atoms with E-state index in [4.69, 9.17) is 9.47 Å². The van der Waals surface area contributed by atoms with Gasteiger partial charge >= 0.3 is 11.8 Å². The third-order valence-corrected chi connectivity index (χ3v) is 7.53. The summed E-state index contributed by atoms with van der Waals surface area (Å²) < 4.78 is 13.8. The highest BCUT2D eigenvalue weighted by molar-refractivity contribution is 6.00. The number of ether oxygens (including phenoxy) is 2. The highest BCUT2D eigenvalue weighted by Crippen LogP contribution is 2.24. The Hall–Kier alpha value is -5.06. The van der Waals surface area contributed by atoms with E-state index in [1.807, 2.05) is 30.3 Å². The van der Waals surface area contributed by atoms with Crippen molar-refractivity contribution in [2.24, 2.45) is 14.1 Å². The second-order valence-corrected chi connectivity index (χ2v) is 10.2. The average Bonchev–Trinajstić information content (AvgIpc) is 3.59. The fourth-order valence-electron chi connectivity index (χ4n) is 5.19. The quantitative estimate of drug-likeness (QED) is 0.334. The highest BCUT2D eigenvalue weighted by Gasteiger charge is 2.37. The van der Waals surface area contributed by atoms with Crippen molar-refractivity contribution >= 4 is 34.6 Å². The maximum absolute atomic E-state index is 13.6. The van der Waals surface area contributed by atoms with Gasteiger partial charge in [0.2, 0.25) is 5.91 Å². The molecule has 0 unspecified atom stereocenters. The summed E-state index contributed by atoms with van der Waals surface area (Å²) in [4.78, 5) is 53.9. The van der Waals surface area contributed by atoms with Crippen molar-refractivity contribution in [2.45, 2.75) is 31.5 Å². The minimum absolute atomic E-state index is 0.0960. The van der Waals surface area contributed by atoms with Crippen LogP contribution < -0.4 is 21.1 Å². The maximum Gasteiger partial charge on any atom is 0.410 e. The largest absolute Gasteiger partial charge is 0.497 e. The van der Waals surface area contributed by atoms with Crippen molar-refractivity contribution in [3.8, 4) is 5.75 Å². The number of methoxy groups -OCH3 is 1. The molecule has 11 nitrogen and oxygen atoms in total. The molecule has 0 radical (unpaired) electrons. The van der Waals surface area contributed by atoms with Gasteiger partial charge in [0.15, 0.2) is 0 Å². The zero-order chi connectivity index (χ0) is 29.8. The van der Waals surface area contributed by atoms with Crippen LogP contribution in [0.25, 0.3) is 11.0 Å². The van der Waals surface area contributed by atoms with Crippen molar-refractivity contribution in [3.63, 3.8) is 0 Å². The number of imidazole rings is 1. The Labute approximate surface area is 242 Å². The Morgan fingerprint density at radius 3 is 2.38 bits per heavy atom. The molecule has 0 spiro atoms. The highest BCUT2D eigenvalue weighted by atomic mass is 16.6. The lowest BCUT2D eigenvalue weighted by Crippen LogP contribution is -2.48. The van der Waals surface area contributed by atoms with Gasteiger partial charge in [-0.1, -0.05) is 42.5 Å². The minimum Gasteiger partial charge on any atom is -0.497 e. The van der Waals surface area contributed by atoms with Crippen LogP contribution in [-0.4, -0.2) is 51.6 Å². The van der Waals surface area contributed by atoms with Gasteiger partial charge in [-0.25, -0.2) is 9.59 Å². The molecule has 2 N–H and O–H groups in total. The zero-order valence-corrected chi connectivity index (χ0v) is 23.7. The lowest BCUT2D eigenvalue weighted by Gasteiger charge is -2.26. The van der Waals surface area contributed by atoms with Gasteiger partial charge in [-0.2, -0.15) is 0 Å². The molecule has 11 heteroatoms. The smallest absolute Gasteiger partial charge is 0.410 e. The van der Waals surface area contributed by atoms with Gasteiger partial charge in [-0.15, -0.1) is 0 Å². The number of nitrogens with zero attached hydrogens (tertiary/aromatic N) is 3. The Bertz CT molecular complexity index is 1660. The van der Waals surface area contributed by atoms with Crippen molar-refractivity contribution < 1.29 is 23.9 Å². The van der Waals surface area contributed by atoms with Gasteiger partial charge in [0.1, 0.15) is 24.4 Å². The van der Waals surface area contributed by atoms with E-state index in [1.54, 1.807) is 63.7 Å². The fourth-order valence-corrected chi connectivity index (χ4v) is 5.19. The Morgan fingerprint density at radius 1 is 0.952 bits per heavy atom. The van der Waals surface area contributed by atoms with Gasteiger partial charge in [0, 0.05) is 26.3 Å². The molecule has 218 valence electrons. The standard InChI is InChI=1S/C31H33N5O6/c1-34-24-16-13-22(18-26(24)35(2)30(34)39)32-29(38)27(21-11-14-23(41-3)15-12-21)33-28(37)25-10-7-17-36(25)31(40)42-19-20-8-5-4-6-9-20/h4-6,8-9,11-16,18,25,27H,7,10,17,19H2,1-3H3,(H,32,38)(H,33,37)/t25-,27-/m0/s1. The van der Waals surface area contributed by atoms with E-state index in [0.29, 0.717) is 41.9 Å². The molecule has 1 fully saturated rings. The molecule has 42 heavy (non-hydrogen) atoms. The Morgan fingerprint density at radius 2 is 1.67 bits per heavy atom. The van der Waals surface area contributed by atoms with Crippen LogP contribution in [0.3, 0.4) is 0 Å². The molecule has 1 aromatic heterocycles. The van der Waals surface area contributed by atoms with Crippen molar-refractivity contribution in [3.05, 3.63) is 94.4 Å². The first-order chi connectivity index (χ1) is 20.3. The molecule has 0 aliphatic carbocycles. The van der Waals surface area contributed by atoms with E-state index in [1.165, 1.54) is 14.0 Å². The lowest BCUT2D eigenvalue weighted by atomic mass is 10.0. The van der Waals surface area contributed by atoms with Crippen molar-refractivity contribution in [1.29, 1.82) is 0 Å². The summed E-state index contributed by atoms with van der Waals surface area (Å²) in [6.07, 6.45) is 0.499. The summed E-state index contributed by atoms with van der Waals surface area (Å²) >= 11 is 0. The normalized spacial score (nSPS) is 15.3. The van der Waals surface area contributed by atoms with E-state index in [-0.39, 0.29) is 12.3 Å². The monoisotopic (exact) mass is 571 g/mol. The van der Waals surface area contributed by atoms with Gasteiger partial charge in [0.05, 0.1) is 18.1 Å². The number of nitrogens with one attached hydrogen (secondary N) is 2. The summed E-state index contributed by atoms with van der Waals surface area (Å²) in [5.41, 5.74) is 3.04. The molecular weight excluding hydrogens is 538 g/mol. The number of carbonyl (C=O) groups is 3. The number of hydrogen-bond acceptors (Lipinski definition) is 6. The van der Waals surface area contributed by atoms with Gasteiger partial charge in [-0.3, -0.25) is 23.6 Å². The number of fused-ring (bicyclic) bond motifs is 1. The van der Waals surface area contributed by atoms with Crippen LogP contribution in [0.4, 0.5) is 10.5 Å². The first kappa shape index (κ1) is 28.5. The van der Waals surface area contributed by atoms with Crippen LogP contribution in [0.2, 0.25) is 0 Å². The second kappa shape index (κ2) is 12.2. The number of benzene rings is 3. The number of carbonyl (C=O) groups excluding carboxylic acids is 3. The predicted octanol–water partition coefficient (Wildman–Crippen LogP) is 3.48. The molecule has 0 saturated carbocycles. The third-order valence-electron chi connectivity index (χ3n) is 7.53. The topological polar surface area (TPSA) is 124 Å². The lowest BCUT2D eigenvalue weighted by molar-refractivity contribution is -0.129. The molecular formula is C31H33N5O6. The molecule has 2 heterocycles. The summed E-state index contributed by atoms with van der Waals surface area (Å²) in [7, 11) is 4.89. The molecule has 1 aliphatic heterocycles. The number of anilines is 1. The predicted molar refractivity (Wildman–Crippen MR) is 157 cm³/mol. The molecule has 4 aromatic rings. The summed E-state index contributed by atoms with van der Waals surface area (Å²) in [6, 6.07) is 19.4. The first-order valence-electron chi connectivity index (χ1n) is 13.6. The van der Waals surface area contributed by atoms with E-state index >= 15 is 0 Å². The second-order valence-electron chi connectivity index (χ2n) is 10.2. The van der Waals surface area contributed by atoms with Crippen LogP contribution in [-0.2, 0) is 35.0 Å². The number of rotatable bonds is 8. The van der Waals surface area contributed by atoms with E-state index in [2.05, 4.69) is 10.6 Å². The number of hydrogen-bond donors (Lipinski definition) is 2. The van der Waals surface area contributed by atoms with Crippen LogP contribution in [0, 0.1) is 0 Å². The number of aryl methyl sites for hydroxylation is 2. The molecule has 5 rings (SSSR count). The van der Waals surface area contributed by atoms with Crippen LogP contribution in [0.5, 0.6) is 5.75 Å². The summed E-state index contributed by atoms with van der Waals surface area (Å²) in [5, 5.41) is 5.72. The fraction of sp³-hybridized carbons (Fsp3) is 0.290. The molecule has 1 aliphatic rings.